The molecule has 1 saturated heterocycles. The van der Waals surface area contributed by atoms with E-state index >= 15 is 0 Å². The van der Waals surface area contributed by atoms with Gasteiger partial charge in [-0.2, -0.15) is 9.10 Å². The molecule has 0 saturated carbocycles. The van der Waals surface area contributed by atoms with E-state index in [0.717, 1.165) is 5.56 Å². The molecule has 1 N–H and O–H groups in total. The summed E-state index contributed by atoms with van der Waals surface area (Å²) in [6, 6.07) is 13.6. The van der Waals surface area contributed by atoms with Crippen molar-refractivity contribution in [2.45, 2.75) is 11.4 Å². The van der Waals surface area contributed by atoms with Crippen molar-refractivity contribution in [2.75, 3.05) is 38.7 Å². The number of nitrogens with zero attached hydrogens (tertiary/aromatic N) is 5. The van der Waals surface area contributed by atoms with Crippen molar-refractivity contribution < 1.29 is 22.7 Å². The smallest absolute Gasteiger partial charge is 0.248 e. The number of amides is 1. The molecule has 1 aliphatic rings. The second-order valence-corrected chi connectivity index (χ2v) is 8.87. The van der Waals surface area contributed by atoms with Gasteiger partial charge in [0.1, 0.15) is 12.3 Å². The van der Waals surface area contributed by atoms with Crippen molar-refractivity contribution >= 4 is 21.6 Å². The second-order valence-electron chi connectivity index (χ2n) is 6.94. The maximum Gasteiger partial charge on any atom is 0.248 e. The number of carbonyl (C=O) groups excluding carboxylic acids is 1. The van der Waals surface area contributed by atoms with Gasteiger partial charge in [-0.15, -0.1) is 10.2 Å². The van der Waals surface area contributed by atoms with Crippen molar-refractivity contribution in [3.63, 3.8) is 0 Å². The highest BCUT2D eigenvalue weighted by Crippen LogP contribution is 2.29. The van der Waals surface area contributed by atoms with Gasteiger partial charge in [-0.3, -0.25) is 4.79 Å². The zero-order valence-corrected chi connectivity index (χ0v) is 18.2. The predicted molar refractivity (Wildman–Crippen MR) is 114 cm³/mol. The molecule has 0 atom stereocenters. The third kappa shape index (κ3) is 4.77. The van der Waals surface area contributed by atoms with E-state index < -0.39 is 15.9 Å². The monoisotopic (exact) mass is 458 g/mol. The van der Waals surface area contributed by atoms with Crippen LogP contribution in [0, 0.1) is 0 Å². The lowest BCUT2D eigenvalue weighted by Gasteiger charge is -2.26. The Labute approximate surface area is 185 Å². The first kappa shape index (κ1) is 21.9. The van der Waals surface area contributed by atoms with Gasteiger partial charge in [-0.25, -0.2) is 8.42 Å². The fourth-order valence-corrected chi connectivity index (χ4v) is 4.65. The second kappa shape index (κ2) is 9.42. The predicted octanol–water partition coefficient (Wildman–Crippen LogP) is 1.01. The van der Waals surface area contributed by atoms with Crippen LogP contribution in [0.2, 0.25) is 0 Å². The van der Waals surface area contributed by atoms with E-state index in [2.05, 4.69) is 20.7 Å². The molecule has 2 heterocycles. The molecule has 0 aliphatic carbocycles. The van der Waals surface area contributed by atoms with Crippen molar-refractivity contribution in [1.29, 1.82) is 0 Å². The quantitative estimate of drug-likeness (QED) is 0.555. The fraction of sp³-hybridized carbons (Fsp3) is 0.300. The average molecular weight is 459 g/mol. The van der Waals surface area contributed by atoms with E-state index in [0.29, 0.717) is 24.8 Å². The lowest BCUT2D eigenvalue weighted by molar-refractivity contribution is -0.117. The minimum atomic E-state index is -3.72. The van der Waals surface area contributed by atoms with Gasteiger partial charge in [0.25, 0.3) is 0 Å². The molecule has 12 heteroatoms. The van der Waals surface area contributed by atoms with Crippen molar-refractivity contribution in [3.05, 3.63) is 48.5 Å². The molecule has 0 radical (unpaired) electrons. The normalized spacial score (nSPS) is 14.8. The van der Waals surface area contributed by atoms with Gasteiger partial charge in [0.05, 0.1) is 30.9 Å². The number of carbonyl (C=O) groups is 1. The van der Waals surface area contributed by atoms with Crippen LogP contribution in [0.1, 0.15) is 0 Å². The maximum atomic E-state index is 12.9. The van der Waals surface area contributed by atoms with Crippen LogP contribution in [0.3, 0.4) is 0 Å². The van der Waals surface area contributed by atoms with Crippen LogP contribution in [0.15, 0.2) is 53.4 Å². The third-order valence-electron chi connectivity index (χ3n) is 4.82. The molecule has 1 amide bonds. The molecule has 32 heavy (non-hydrogen) atoms. The summed E-state index contributed by atoms with van der Waals surface area (Å²) in [4.78, 5) is 13.8. The molecule has 3 aromatic rings. The number of nitrogens with one attached hydrogen (secondary N) is 1. The van der Waals surface area contributed by atoms with E-state index in [1.807, 2.05) is 30.3 Å². The van der Waals surface area contributed by atoms with Gasteiger partial charge in [0.2, 0.25) is 21.8 Å². The molecule has 11 nitrogen and oxygen atoms in total. The number of hydrogen-bond donors (Lipinski definition) is 1. The van der Waals surface area contributed by atoms with Gasteiger partial charge in [-0.1, -0.05) is 30.3 Å². The Balaban J connectivity index is 1.50. The lowest BCUT2D eigenvalue weighted by Crippen LogP contribution is -2.40. The summed E-state index contributed by atoms with van der Waals surface area (Å²) >= 11 is 0. The Morgan fingerprint density at radius 1 is 1.16 bits per heavy atom. The SMILES string of the molecule is COc1ccc(S(=O)(=O)N2CCOCC2)cc1NC(=O)Cn1nnc(-c2ccccc2)n1. The van der Waals surface area contributed by atoms with Crippen molar-refractivity contribution in [1.82, 2.24) is 24.5 Å². The first-order valence-corrected chi connectivity index (χ1v) is 11.3. The number of hydrogen-bond acceptors (Lipinski definition) is 8. The molecule has 168 valence electrons. The summed E-state index contributed by atoms with van der Waals surface area (Å²) in [5.74, 6) is 0.270. The Morgan fingerprint density at radius 2 is 1.91 bits per heavy atom. The lowest BCUT2D eigenvalue weighted by atomic mass is 10.2. The molecule has 1 fully saturated rings. The van der Waals surface area contributed by atoms with Crippen LogP contribution >= 0.6 is 0 Å². The number of tetrazole rings is 1. The van der Waals surface area contributed by atoms with Crippen molar-refractivity contribution in [3.8, 4) is 17.1 Å². The highest BCUT2D eigenvalue weighted by molar-refractivity contribution is 7.89. The van der Waals surface area contributed by atoms with Gasteiger partial charge in [0.15, 0.2) is 0 Å². The molecule has 1 aliphatic heterocycles. The Kier molecular flexibility index (Phi) is 6.44. The van der Waals surface area contributed by atoms with Crippen LogP contribution < -0.4 is 10.1 Å². The van der Waals surface area contributed by atoms with Crippen LogP contribution in [0.25, 0.3) is 11.4 Å². The summed E-state index contributed by atoms with van der Waals surface area (Å²) < 4.78 is 37.7. The van der Waals surface area contributed by atoms with Crippen LogP contribution in [-0.4, -0.2) is 72.3 Å². The number of ether oxygens (including phenoxy) is 2. The molecule has 2 aromatic carbocycles. The summed E-state index contributed by atoms with van der Waals surface area (Å²) in [6.07, 6.45) is 0. The Morgan fingerprint density at radius 3 is 2.62 bits per heavy atom. The number of anilines is 1. The molecule has 0 spiro atoms. The summed E-state index contributed by atoms with van der Waals surface area (Å²) in [6.45, 7) is 1.03. The first-order chi connectivity index (χ1) is 15.5. The summed E-state index contributed by atoms with van der Waals surface area (Å²) in [7, 11) is -2.29. The molecule has 1 aromatic heterocycles. The Hall–Kier alpha value is -3.35. The summed E-state index contributed by atoms with van der Waals surface area (Å²) in [5.41, 5.74) is 1.01. The Bertz CT molecular complexity index is 1190. The molecular formula is C20H22N6O5S. The van der Waals surface area contributed by atoms with E-state index in [1.54, 1.807) is 0 Å². The maximum absolute atomic E-state index is 12.9. The number of aromatic nitrogens is 4. The molecule has 4 rings (SSSR count). The van der Waals surface area contributed by atoms with Crippen LogP contribution in [0.5, 0.6) is 5.75 Å². The van der Waals surface area contributed by atoms with Gasteiger partial charge >= 0.3 is 0 Å². The molecule has 0 bridgehead atoms. The standard InChI is InChI=1S/C20H22N6O5S/c1-30-18-8-7-16(32(28,29)25-9-11-31-12-10-25)13-17(18)21-19(27)14-26-23-20(22-24-26)15-5-3-2-4-6-15/h2-8,13H,9-12,14H2,1H3,(H,21,27). The summed E-state index contributed by atoms with van der Waals surface area (Å²) in [5, 5.41) is 14.7. The van der Waals surface area contributed by atoms with Gasteiger partial charge in [0, 0.05) is 18.7 Å². The highest BCUT2D eigenvalue weighted by atomic mass is 32.2. The van der Waals surface area contributed by atoms with Gasteiger partial charge in [-0.05, 0) is 23.4 Å². The van der Waals surface area contributed by atoms with Gasteiger partial charge < -0.3 is 14.8 Å². The van der Waals surface area contributed by atoms with E-state index in [9.17, 15) is 13.2 Å². The van der Waals surface area contributed by atoms with Crippen molar-refractivity contribution in [2.24, 2.45) is 0 Å². The largest absolute Gasteiger partial charge is 0.495 e. The number of morpholine rings is 1. The molecular weight excluding hydrogens is 436 g/mol. The zero-order valence-electron chi connectivity index (χ0n) is 17.3. The van der Waals surface area contributed by atoms with Crippen LogP contribution in [-0.2, 0) is 26.1 Å². The number of sulfonamides is 1. The number of benzene rings is 2. The highest BCUT2D eigenvalue weighted by Gasteiger charge is 2.27. The first-order valence-electron chi connectivity index (χ1n) is 9.86. The number of rotatable bonds is 7. The van der Waals surface area contributed by atoms with E-state index in [-0.39, 0.29) is 30.2 Å². The zero-order chi connectivity index (χ0) is 22.6. The molecule has 0 unspecified atom stereocenters. The minimum absolute atomic E-state index is 0.0562. The third-order valence-corrected chi connectivity index (χ3v) is 6.72. The van der Waals surface area contributed by atoms with E-state index in [1.165, 1.54) is 34.4 Å². The number of methoxy groups -OCH3 is 1. The van der Waals surface area contributed by atoms with Crippen LogP contribution in [0.4, 0.5) is 5.69 Å². The fourth-order valence-electron chi connectivity index (χ4n) is 3.21. The minimum Gasteiger partial charge on any atom is -0.495 e. The average Bonchev–Trinajstić information content (AvgIpc) is 3.28. The van der Waals surface area contributed by atoms with E-state index in [4.69, 9.17) is 9.47 Å². The topological polar surface area (TPSA) is 129 Å².